The van der Waals surface area contributed by atoms with Crippen LogP contribution in [-0.4, -0.2) is 41.3 Å². The number of anilines is 2. The maximum atomic E-state index is 13.3. The quantitative estimate of drug-likeness (QED) is 0.217. The van der Waals surface area contributed by atoms with Gasteiger partial charge in [0.2, 0.25) is 5.91 Å². The Kier molecular flexibility index (Phi) is 7.04. The van der Waals surface area contributed by atoms with Crippen molar-refractivity contribution in [1.82, 2.24) is 10.2 Å². The monoisotopic (exact) mass is 537 g/mol. The van der Waals surface area contributed by atoms with Crippen LogP contribution in [0.15, 0.2) is 60.7 Å². The van der Waals surface area contributed by atoms with E-state index < -0.39 is 4.92 Å². The predicted octanol–water partition coefficient (Wildman–Crippen LogP) is 4.73. The van der Waals surface area contributed by atoms with E-state index in [-0.39, 0.29) is 17.5 Å². The fraction of sp³-hybridized carbons (Fsp3) is 0.290. The smallest absolute Gasteiger partial charge is 0.270 e. The largest absolute Gasteiger partial charge is 0.354 e. The second-order valence-electron chi connectivity index (χ2n) is 10.5. The number of carbonyl (C=O) groups is 2. The molecule has 204 valence electrons. The Labute approximate surface area is 232 Å². The fourth-order valence-electron chi connectivity index (χ4n) is 5.75. The number of nitrogens with one attached hydrogen (secondary N) is 3. The molecule has 6 rings (SSSR count). The summed E-state index contributed by atoms with van der Waals surface area (Å²) in [6.07, 6.45) is 4.25. The van der Waals surface area contributed by atoms with Crippen LogP contribution in [0.3, 0.4) is 0 Å². The molecule has 9 nitrogen and oxygen atoms in total. The zero-order valence-electron chi connectivity index (χ0n) is 22.2. The first-order valence-electron chi connectivity index (χ1n) is 13.8. The van der Waals surface area contributed by atoms with Crippen LogP contribution in [0.25, 0.3) is 11.3 Å². The molecule has 0 atom stereocenters. The zero-order chi connectivity index (χ0) is 27.6. The van der Waals surface area contributed by atoms with Crippen molar-refractivity contribution in [2.75, 3.05) is 30.3 Å². The van der Waals surface area contributed by atoms with E-state index >= 15 is 0 Å². The van der Waals surface area contributed by atoms with E-state index in [0.29, 0.717) is 28.9 Å². The molecule has 1 saturated heterocycles. The lowest BCUT2D eigenvalue weighted by molar-refractivity contribution is -0.384. The number of amides is 2. The number of carbonyl (C=O) groups excluding carboxylic acids is 2. The van der Waals surface area contributed by atoms with E-state index in [1.54, 1.807) is 6.07 Å². The van der Waals surface area contributed by atoms with Gasteiger partial charge in [0, 0.05) is 55.1 Å². The lowest BCUT2D eigenvalue weighted by Crippen LogP contribution is -2.25. The number of benzene rings is 3. The summed E-state index contributed by atoms with van der Waals surface area (Å²) in [6.45, 7) is 3.36. The minimum Gasteiger partial charge on any atom is -0.354 e. The van der Waals surface area contributed by atoms with Crippen molar-refractivity contribution in [3.8, 4) is 0 Å². The van der Waals surface area contributed by atoms with E-state index in [0.717, 1.165) is 68.7 Å². The molecule has 3 aromatic rings. The van der Waals surface area contributed by atoms with E-state index in [9.17, 15) is 19.7 Å². The summed E-state index contributed by atoms with van der Waals surface area (Å²) in [5.74, 6) is -0.0639. The van der Waals surface area contributed by atoms with Crippen molar-refractivity contribution in [1.29, 1.82) is 0 Å². The standard InChI is InChI=1S/C31H31N5O4/c37-28-4-2-16-35(28)15-1-3-20-5-7-21(8-6-20)30(33-24-10-9-23-19-32-14-13-22(23)17-24)29-26-18-25(36(39)40)11-12-27(26)34-31(29)38/h5-12,17-18,32-33H,1-4,13-16,19H2,(H,34,38)/b30-29-. The number of nitro benzene ring substituents is 1. The molecule has 40 heavy (non-hydrogen) atoms. The van der Waals surface area contributed by atoms with Crippen molar-refractivity contribution in [3.05, 3.63) is 98.6 Å². The highest BCUT2D eigenvalue weighted by atomic mass is 16.6. The third kappa shape index (κ3) is 5.20. The summed E-state index contributed by atoms with van der Waals surface area (Å²) in [6, 6.07) is 18.7. The third-order valence-corrected chi connectivity index (χ3v) is 7.88. The number of nitrogens with zero attached hydrogens (tertiary/aromatic N) is 2. The molecule has 3 N–H and O–H groups in total. The van der Waals surface area contributed by atoms with Gasteiger partial charge in [0.25, 0.3) is 11.6 Å². The molecule has 0 spiro atoms. The lowest BCUT2D eigenvalue weighted by atomic mass is 9.97. The van der Waals surface area contributed by atoms with Gasteiger partial charge in [-0.05, 0) is 72.7 Å². The normalized spacial score (nSPS) is 17.4. The molecule has 0 aliphatic carbocycles. The molecule has 3 aromatic carbocycles. The number of hydrogen-bond donors (Lipinski definition) is 3. The first kappa shape index (κ1) is 25.8. The Balaban J connectivity index is 1.34. The molecule has 3 heterocycles. The molecule has 3 aliphatic rings. The summed E-state index contributed by atoms with van der Waals surface area (Å²) >= 11 is 0. The number of nitro groups is 1. The SMILES string of the molecule is O=C1Nc2ccc([N+](=O)[O-])cc2/C1=C(/Nc1ccc2c(c1)CCNC2)c1ccc(CCCN2CCCC2=O)cc1. The van der Waals surface area contributed by atoms with Gasteiger partial charge in [-0.2, -0.15) is 0 Å². The average molecular weight is 538 g/mol. The predicted molar refractivity (Wildman–Crippen MR) is 155 cm³/mol. The number of fused-ring (bicyclic) bond motifs is 2. The van der Waals surface area contributed by atoms with Crippen LogP contribution in [0, 0.1) is 10.1 Å². The fourth-order valence-corrected chi connectivity index (χ4v) is 5.75. The number of aryl methyl sites for hydroxylation is 1. The molecule has 2 amide bonds. The topological polar surface area (TPSA) is 117 Å². The highest BCUT2D eigenvalue weighted by Crippen LogP contribution is 2.39. The second kappa shape index (κ2) is 10.9. The Morgan fingerprint density at radius 2 is 1.85 bits per heavy atom. The van der Waals surface area contributed by atoms with Crippen LogP contribution < -0.4 is 16.0 Å². The molecule has 3 aliphatic heterocycles. The van der Waals surface area contributed by atoms with E-state index in [4.69, 9.17) is 0 Å². The van der Waals surface area contributed by atoms with Gasteiger partial charge >= 0.3 is 0 Å². The molecule has 0 bridgehead atoms. The second-order valence-corrected chi connectivity index (χ2v) is 10.5. The molecule has 0 saturated carbocycles. The van der Waals surface area contributed by atoms with Crippen LogP contribution >= 0.6 is 0 Å². The van der Waals surface area contributed by atoms with Gasteiger partial charge in [-0.15, -0.1) is 0 Å². The first-order valence-corrected chi connectivity index (χ1v) is 13.8. The van der Waals surface area contributed by atoms with Crippen molar-refractivity contribution in [3.63, 3.8) is 0 Å². The maximum absolute atomic E-state index is 13.3. The van der Waals surface area contributed by atoms with Gasteiger partial charge in [0.15, 0.2) is 0 Å². The Bertz CT molecular complexity index is 1530. The molecule has 0 aromatic heterocycles. The number of non-ortho nitro benzene ring substituents is 1. The highest BCUT2D eigenvalue weighted by molar-refractivity contribution is 6.37. The molecule has 0 radical (unpaired) electrons. The molecule has 9 heteroatoms. The Morgan fingerprint density at radius 1 is 1.00 bits per heavy atom. The maximum Gasteiger partial charge on any atom is 0.270 e. The highest BCUT2D eigenvalue weighted by Gasteiger charge is 2.30. The summed E-state index contributed by atoms with van der Waals surface area (Å²) in [7, 11) is 0. The Hall–Kier alpha value is -4.50. The Morgan fingerprint density at radius 3 is 2.62 bits per heavy atom. The van der Waals surface area contributed by atoms with Gasteiger partial charge < -0.3 is 20.9 Å². The lowest BCUT2D eigenvalue weighted by Gasteiger charge is -2.20. The van der Waals surface area contributed by atoms with Crippen molar-refractivity contribution in [2.24, 2.45) is 0 Å². The van der Waals surface area contributed by atoms with E-state index in [2.05, 4.69) is 28.1 Å². The van der Waals surface area contributed by atoms with Crippen LogP contribution in [0.1, 0.15) is 47.1 Å². The van der Waals surface area contributed by atoms with Crippen molar-refractivity contribution in [2.45, 2.75) is 38.6 Å². The van der Waals surface area contributed by atoms with Gasteiger partial charge in [0.05, 0.1) is 16.2 Å². The van der Waals surface area contributed by atoms with Crippen LogP contribution in [0.4, 0.5) is 17.1 Å². The van der Waals surface area contributed by atoms with E-state index in [1.807, 2.05) is 35.2 Å². The number of likely N-dealkylation sites (tertiary alicyclic amines) is 1. The number of hydrogen-bond acceptors (Lipinski definition) is 6. The molecule has 1 fully saturated rings. The summed E-state index contributed by atoms with van der Waals surface area (Å²) in [5, 5.41) is 21.3. The molecule has 0 unspecified atom stereocenters. The van der Waals surface area contributed by atoms with Crippen LogP contribution in [0.2, 0.25) is 0 Å². The molecular formula is C31H31N5O4. The van der Waals surface area contributed by atoms with Crippen LogP contribution in [0.5, 0.6) is 0 Å². The van der Waals surface area contributed by atoms with Gasteiger partial charge in [-0.25, -0.2) is 0 Å². The zero-order valence-corrected chi connectivity index (χ0v) is 22.2. The summed E-state index contributed by atoms with van der Waals surface area (Å²) in [4.78, 5) is 38.2. The summed E-state index contributed by atoms with van der Waals surface area (Å²) in [5.41, 5.74) is 7.28. The van der Waals surface area contributed by atoms with Crippen molar-refractivity contribution < 1.29 is 14.5 Å². The molecular weight excluding hydrogens is 506 g/mol. The van der Waals surface area contributed by atoms with Gasteiger partial charge in [0.1, 0.15) is 0 Å². The first-order chi connectivity index (χ1) is 19.5. The minimum absolute atomic E-state index is 0.0692. The number of rotatable bonds is 8. The van der Waals surface area contributed by atoms with E-state index in [1.165, 1.54) is 23.3 Å². The average Bonchev–Trinajstić information content (AvgIpc) is 3.53. The third-order valence-electron chi connectivity index (χ3n) is 7.88. The minimum atomic E-state index is -0.449. The van der Waals surface area contributed by atoms with Crippen LogP contribution in [-0.2, 0) is 29.0 Å². The van der Waals surface area contributed by atoms with Gasteiger partial charge in [-0.3, -0.25) is 19.7 Å². The summed E-state index contributed by atoms with van der Waals surface area (Å²) < 4.78 is 0. The van der Waals surface area contributed by atoms with Gasteiger partial charge in [-0.1, -0.05) is 30.3 Å². The van der Waals surface area contributed by atoms with Crippen molar-refractivity contribution >= 4 is 40.1 Å².